The van der Waals surface area contributed by atoms with E-state index in [1.807, 2.05) is 39.8 Å². The number of carbonyl (C=O) groups excluding carboxylic acids is 2. The van der Waals surface area contributed by atoms with Crippen LogP contribution >= 0.6 is 11.3 Å². The first kappa shape index (κ1) is 22.6. The van der Waals surface area contributed by atoms with Crippen molar-refractivity contribution in [3.63, 3.8) is 0 Å². The maximum absolute atomic E-state index is 13.0. The molecule has 2 aromatic carbocycles. The van der Waals surface area contributed by atoms with Gasteiger partial charge in [-0.2, -0.15) is 0 Å². The summed E-state index contributed by atoms with van der Waals surface area (Å²) in [6.45, 7) is 8.27. The van der Waals surface area contributed by atoms with Gasteiger partial charge in [-0.15, -0.1) is 11.3 Å². The van der Waals surface area contributed by atoms with E-state index in [2.05, 4.69) is 11.4 Å². The number of ether oxygens (including phenoxy) is 2. The van der Waals surface area contributed by atoms with Crippen molar-refractivity contribution in [3.05, 3.63) is 69.6 Å². The van der Waals surface area contributed by atoms with E-state index in [0.717, 1.165) is 33.6 Å². The van der Waals surface area contributed by atoms with Gasteiger partial charge in [0.15, 0.2) is 0 Å². The zero-order valence-corrected chi connectivity index (χ0v) is 19.3. The number of amides is 1. The standard InChI is InChI=1S/C25H27NO4S/c1-6-13-30-25(28)22-21(20-14-15(2)7-8-16(20)3)17(4)31-24(22)26-23(27)18-9-11-19(29-5)12-10-18/h7-12,14H,6,13H2,1-5H3,(H,26,27). The average Bonchev–Trinajstić information content (AvgIpc) is 3.09. The van der Waals surface area contributed by atoms with Crippen LogP contribution in [0.25, 0.3) is 11.1 Å². The molecule has 1 heterocycles. The fourth-order valence-electron chi connectivity index (χ4n) is 3.34. The van der Waals surface area contributed by atoms with Gasteiger partial charge in [-0.3, -0.25) is 4.79 Å². The Morgan fingerprint density at radius 2 is 1.74 bits per heavy atom. The van der Waals surface area contributed by atoms with Crippen molar-refractivity contribution < 1.29 is 19.1 Å². The van der Waals surface area contributed by atoms with Crippen LogP contribution in [0.3, 0.4) is 0 Å². The smallest absolute Gasteiger partial charge is 0.341 e. The van der Waals surface area contributed by atoms with Gasteiger partial charge in [-0.05, 0) is 62.6 Å². The van der Waals surface area contributed by atoms with Crippen molar-refractivity contribution in [2.45, 2.75) is 34.1 Å². The molecule has 31 heavy (non-hydrogen) atoms. The first-order valence-corrected chi connectivity index (χ1v) is 11.0. The van der Waals surface area contributed by atoms with E-state index in [1.54, 1.807) is 31.4 Å². The third-order valence-corrected chi connectivity index (χ3v) is 5.99. The summed E-state index contributed by atoms with van der Waals surface area (Å²) in [6, 6.07) is 13.0. The van der Waals surface area contributed by atoms with Gasteiger partial charge in [0.2, 0.25) is 0 Å². The van der Waals surface area contributed by atoms with Crippen molar-refractivity contribution in [1.29, 1.82) is 0 Å². The summed E-state index contributed by atoms with van der Waals surface area (Å²) in [7, 11) is 1.58. The minimum absolute atomic E-state index is 0.291. The fourth-order valence-corrected chi connectivity index (χ4v) is 4.39. The number of carbonyl (C=O) groups is 2. The predicted molar refractivity (Wildman–Crippen MR) is 125 cm³/mol. The Kier molecular flexibility index (Phi) is 7.13. The number of aryl methyl sites for hydroxylation is 3. The Hall–Kier alpha value is -3.12. The number of hydrogen-bond acceptors (Lipinski definition) is 5. The van der Waals surface area contributed by atoms with Crippen molar-refractivity contribution in [3.8, 4) is 16.9 Å². The maximum atomic E-state index is 13.0. The number of benzene rings is 2. The molecule has 0 aliphatic rings. The summed E-state index contributed by atoms with van der Waals surface area (Å²) in [5, 5.41) is 3.42. The van der Waals surface area contributed by atoms with Gasteiger partial charge in [-0.25, -0.2) is 4.79 Å². The molecule has 5 nitrogen and oxygen atoms in total. The van der Waals surface area contributed by atoms with Crippen LogP contribution < -0.4 is 10.1 Å². The number of esters is 1. The highest BCUT2D eigenvalue weighted by atomic mass is 32.1. The molecule has 1 N–H and O–H groups in total. The van der Waals surface area contributed by atoms with Gasteiger partial charge in [-0.1, -0.05) is 30.7 Å². The van der Waals surface area contributed by atoms with E-state index in [1.165, 1.54) is 11.3 Å². The third kappa shape index (κ3) is 4.97. The van der Waals surface area contributed by atoms with Crippen LogP contribution in [-0.4, -0.2) is 25.6 Å². The second-order valence-electron chi connectivity index (χ2n) is 7.37. The zero-order valence-electron chi connectivity index (χ0n) is 18.5. The second kappa shape index (κ2) is 9.79. The quantitative estimate of drug-likeness (QED) is 0.449. The normalized spacial score (nSPS) is 10.6. The molecular weight excluding hydrogens is 410 g/mol. The highest BCUT2D eigenvalue weighted by Gasteiger charge is 2.26. The molecule has 0 fully saturated rings. The lowest BCUT2D eigenvalue weighted by Gasteiger charge is -2.12. The van der Waals surface area contributed by atoms with E-state index in [9.17, 15) is 9.59 Å². The Balaban J connectivity index is 2.06. The van der Waals surface area contributed by atoms with Crippen LogP contribution in [0.2, 0.25) is 0 Å². The summed E-state index contributed by atoms with van der Waals surface area (Å²) in [6.07, 6.45) is 0.723. The Bertz CT molecular complexity index is 1100. The minimum Gasteiger partial charge on any atom is -0.497 e. The van der Waals surface area contributed by atoms with Crippen LogP contribution in [0, 0.1) is 20.8 Å². The van der Waals surface area contributed by atoms with Crippen LogP contribution in [0.4, 0.5) is 5.00 Å². The van der Waals surface area contributed by atoms with E-state index < -0.39 is 5.97 Å². The molecule has 0 radical (unpaired) electrons. The lowest BCUT2D eigenvalue weighted by atomic mass is 9.95. The molecule has 0 saturated carbocycles. The number of rotatable bonds is 7. The zero-order chi connectivity index (χ0) is 22.5. The van der Waals surface area contributed by atoms with Gasteiger partial charge < -0.3 is 14.8 Å². The summed E-state index contributed by atoms with van der Waals surface area (Å²) in [4.78, 5) is 26.9. The van der Waals surface area contributed by atoms with Crippen LogP contribution in [0.15, 0.2) is 42.5 Å². The fraction of sp³-hybridized carbons (Fsp3) is 0.280. The van der Waals surface area contributed by atoms with E-state index in [4.69, 9.17) is 9.47 Å². The molecule has 3 rings (SSSR count). The largest absolute Gasteiger partial charge is 0.497 e. The maximum Gasteiger partial charge on any atom is 0.341 e. The number of thiophene rings is 1. The van der Waals surface area contributed by atoms with Crippen molar-refractivity contribution in [2.75, 3.05) is 19.0 Å². The van der Waals surface area contributed by atoms with Crippen molar-refractivity contribution in [1.82, 2.24) is 0 Å². The molecule has 3 aromatic rings. The van der Waals surface area contributed by atoms with E-state index >= 15 is 0 Å². The molecule has 1 amide bonds. The monoisotopic (exact) mass is 437 g/mol. The first-order valence-electron chi connectivity index (χ1n) is 10.2. The van der Waals surface area contributed by atoms with Gasteiger partial charge in [0.25, 0.3) is 5.91 Å². The first-order chi connectivity index (χ1) is 14.8. The summed E-state index contributed by atoms with van der Waals surface area (Å²) >= 11 is 1.39. The van der Waals surface area contributed by atoms with Crippen LogP contribution in [-0.2, 0) is 4.74 Å². The molecule has 6 heteroatoms. The predicted octanol–water partition coefficient (Wildman–Crippen LogP) is 6.17. The van der Waals surface area contributed by atoms with Crippen molar-refractivity contribution >= 4 is 28.2 Å². The van der Waals surface area contributed by atoms with Gasteiger partial charge in [0.1, 0.15) is 16.3 Å². The summed E-state index contributed by atoms with van der Waals surface area (Å²) in [5.74, 6) is -0.0438. The number of anilines is 1. The molecule has 0 aliphatic carbocycles. The molecule has 0 bridgehead atoms. The molecule has 0 aliphatic heterocycles. The Labute approximate surface area is 187 Å². The van der Waals surface area contributed by atoms with Gasteiger partial charge in [0.05, 0.1) is 13.7 Å². The summed E-state index contributed by atoms with van der Waals surface area (Å²) < 4.78 is 10.6. The van der Waals surface area contributed by atoms with Gasteiger partial charge in [0, 0.05) is 16.0 Å². The second-order valence-corrected chi connectivity index (χ2v) is 8.60. The number of hydrogen-bond donors (Lipinski definition) is 1. The SMILES string of the molecule is CCCOC(=O)c1c(NC(=O)c2ccc(OC)cc2)sc(C)c1-c1cc(C)ccc1C. The molecule has 0 spiro atoms. The van der Waals surface area contributed by atoms with E-state index in [0.29, 0.717) is 28.5 Å². The Morgan fingerprint density at radius 3 is 2.39 bits per heavy atom. The lowest BCUT2D eigenvalue weighted by Crippen LogP contribution is -2.15. The number of methoxy groups -OCH3 is 1. The Morgan fingerprint density at radius 1 is 1.03 bits per heavy atom. The highest BCUT2D eigenvalue weighted by molar-refractivity contribution is 7.17. The number of nitrogens with one attached hydrogen (secondary N) is 1. The molecule has 162 valence electrons. The lowest BCUT2D eigenvalue weighted by molar-refractivity contribution is 0.0507. The molecule has 0 atom stereocenters. The molecular formula is C25H27NO4S. The topological polar surface area (TPSA) is 64.6 Å². The van der Waals surface area contributed by atoms with Crippen molar-refractivity contribution in [2.24, 2.45) is 0 Å². The molecule has 0 saturated heterocycles. The third-order valence-electron chi connectivity index (χ3n) is 4.97. The minimum atomic E-state index is -0.424. The summed E-state index contributed by atoms with van der Waals surface area (Å²) in [5.41, 5.74) is 4.84. The van der Waals surface area contributed by atoms with Gasteiger partial charge >= 0.3 is 5.97 Å². The highest BCUT2D eigenvalue weighted by Crippen LogP contribution is 2.42. The van der Waals surface area contributed by atoms with Crippen LogP contribution in [0.5, 0.6) is 5.75 Å². The van der Waals surface area contributed by atoms with Crippen LogP contribution in [0.1, 0.15) is 50.1 Å². The van der Waals surface area contributed by atoms with E-state index in [-0.39, 0.29) is 5.91 Å². The molecule has 1 aromatic heterocycles. The molecule has 0 unspecified atom stereocenters. The average molecular weight is 438 g/mol.